The normalized spacial score (nSPS) is 15.1. The van der Waals surface area contributed by atoms with Gasteiger partial charge in [-0.2, -0.15) is 0 Å². The molecular weight excluding hydrogens is 244 g/mol. The SMILES string of the molecule is CN=C(NCCNC(=O)c1ccco1)NCC1CC1. The molecule has 0 spiro atoms. The lowest BCUT2D eigenvalue weighted by atomic mass is 10.4. The van der Waals surface area contributed by atoms with Crippen molar-refractivity contribution in [3.63, 3.8) is 0 Å². The van der Waals surface area contributed by atoms with E-state index in [9.17, 15) is 4.79 Å². The molecule has 1 aliphatic carbocycles. The fourth-order valence-electron chi connectivity index (χ4n) is 1.64. The van der Waals surface area contributed by atoms with Crippen LogP contribution < -0.4 is 16.0 Å². The van der Waals surface area contributed by atoms with E-state index in [-0.39, 0.29) is 5.91 Å². The second kappa shape index (κ2) is 6.82. The van der Waals surface area contributed by atoms with Gasteiger partial charge >= 0.3 is 0 Å². The van der Waals surface area contributed by atoms with Crippen LogP contribution in [0.5, 0.6) is 0 Å². The van der Waals surface area contributed by atoms with Gasteiger partial charge in [-0.25, -0.2) is 0 Å². The molecule has 1 amide bonds. The molecule has 3 N–H and O–H groups in total. The molecule has 2 rings (SSSR count). The highest BCUT2D eigenvalue weighted by Crippen LogP contribution is 2.27. The summed E-state index contributed by atoms with van der Waals surface area (Å²) in [4.78, 5) is 15.7. The smallest absolute Gasteiger partial charge is 0.287 e. The topological polar surface area (TPSA) is 78.7 Å². The Hall–Kier alpha value is -1.98. The number of carbonyl (C=O) groups is 1. The maximum absolute atomic E-state index is 11.6. The maximum Gasteiger partial charge on any atom is 0.287 e. The first-order valence-corrected chi connectivity index (χ1v) is 6.56. The highest BCUT2D eigenvalue weighted by molar-refractivity contribution is 5.91. The molecule has 1 aliphatic rings. The van der Waals surface area contributed by atoms with Crippen molar-refractivity contribution in [3.05, 3.63) is 24.2 Å². The molecule has 6 nitrogen and oxygen atoms in total. The number of guanidine groups is 1. The highest BCUT2D eigenvalue weighted by atomic mass is 16.3. The number of furan rings is 1. The molecule has 104 valence electrons. The van der Waals surface area contributed by atoms with Crippen molar-refractivity contribution < 1.29 is 9.21 Å². The lowest BCUT2D eigenvalue weighted by Gasteiger charge is -2.11. The zero-order valence-corrected chi connectivity index (χ0v) is 11.1. The highest BCUT2D eigenvalue weighted by Gasteiger charge is 2.20. The minimum absolute atomic E-state index is 0.201. The van der Waals surface area contributed by atoms with Gasteiger partial charge in [0.15, 0.2) is 11.7 Å². The summed E-state index contributed by atoms with van der Waals surface area (Å²) in [7, 11) is 1.74. The van der Waals surface area contributed by atoms with Gasteiger partial charge in [0.05, 0.1) is 6.26 Å². The lowest BCUT2D eigenvalue weighted by molar-refractivity contribution is 0.0926. The molecule has 0 unspecified atom stereocenters. The van der Waals surface area contributed by atoms with Crippen LogP contribution in [0.1, 0.15) is 23.4 Å². The quantitative estimate of drug-likeness (QED) is 0.399. The summed E-state index contributed by atoms with van der Waals surface area (Å²) in [6.45, 7) is 2.11. The summed E-state index contributed by atoms with van der Waals surface area (Å²) in [5.41, 5.74) is 0. The van der Waals surface area contributed by atoms with Gasteiger partial charge in [-0.3, -0.25) is 9.79 Å². The molecule has 0 aliphatic heterocycles. The van der Waals surface area contributed by atoms with E-state index in [0.29, 0.717) is 18.8 Å². The predicted octanol–water partition coefficient (Wildman–Crippen LogP) is 0.584. The van der Waals surface area contributed by atoms with Crippen LogP contribution in [0.25, 0.3) is 0 Å². The molecule has 1 aromatic heterocycles. The zero-order chi connectivity index (χ0) is 13.5. The third-order valence-electron chi connectivity index (χ3n) is 2.93. The first kappa shape index (κ1) is 13.5. The van der Waals surface area contributed by atoms with Gasteiger partial charge in [0.25, 0.3) is 5.91 Å². The van der Waals surface area contributed by atoms with E-state index in [1.165, 1.54) is 19.1 Å². The van der Waals surface area contributed by atoms with Gasteiger partial charge in [0, 0.05) is 26.7 Å². The van der Waals surface area contributed by atoms with Crippen LogP contribution in [0.15, 0.2) is 27.8 Å². The Morgan fingerprint density at radius 3 is 2.79 bits per heavy atom. The van der Waals surface area contributed by atoms with Crippen molar-refractivity contribution in [1.82, 2.24) is 16.0 Å². The van der Waals surface area contributed by atoms with Gasteiger partial charge < -0.3 is 20.4 Å². The molecule has 1 fully saturated rings. The summed E-state index contributed by atoms with van der Waals surface area (Å²) in [6, 6.07) is 3.33. The number of carbonyl (C=O) groups excluding carboxylic acids is 1. The first-order chi connectivity index (χ1) is 9.29. The van der Waals surface area contributed by atoms with Crippen LogP contribution in [0, 0.1) is 5.92 Å². The van der Waals surface area contributed by atoms with Crippen molar-refractivity contribution in [2.24, 2.45) is 10.9 Å². The van der Waals surface area contributed by atoms with Crippen LogP contribution in [-0.2, 0) is 0 Å². The van der Waals surface area contributed by atoms with E-state index in [4.69, 9.17) is 4.42 Å². The standard InChI is InChI=1S/C13H20N4O2/c1-14-13(17-9-10-4-5-10)16-7-6-15-12(18)11-3-2-8-19-11/h2-3,8,10H,4-7,9H2,1H3,(H,15,18)(H2,14,16,17). The van der Waals surface area contributed by atoms with Crippen molar-refractivity contribution in [3.8, 4) is 0 Å². The maximum atomic E-state index is 11.6. The Balaban J connectivity index is 1.58. The number of nitrogens with one attached hydrogen (secondary N) is 3. The predicted molar refractivity (Wildman–Crippen MR) is 73.1 cm³/mol. The van der Waals surface area contributed by atoms with E-state index in [2.05, 4.69) is 20.9 Å². The van der Waals surface area contributed by atoms with E-state index in [1.807, 2.05) is 0 Å². The fourth-order valence-corrected chi connectivity index (χ4v) is 1.64. The number of nitrogens with zero attached hydrogens (tertiary/aromatic N) is 1. The second-order valence-electron chi connectivity index (χ2n) is 4.56. The molecule has 1 saturated carbocycles. The van der Waals surface area contributed by atoms with Gasteiger partial charge in [-0.15, -0.1) is 0 Å². The average molecular weight is 264 g/mol. The Morgan fingerprint density at radius 2 is 2.16 bits per heavy atom. The van der Waals surface area contributed by atoms with Gasteiger partial charge in [-0.05, 0) is 30.9 Å². The van der Waals surface area contributed by atoms with E-state index in [0.717, 1.165) is 18.4 Å². The third kappa shape index (κ3) is 4.65. The van der Waals surface area contributed by atoms with Crippen LogP contribution in [0.4, 0.5) is 0 Å². The molecule has 1 aromatic rings. The van der Waals surface area contributed by atoms with Crippen LogP contribution in [-0.4, -0.2) is 38.5 Å². The van der Waals surface area contributed by atoms with Crippen LogP contribution in [0.3, 0.4) is 0 Å². The minimum Gasteiger partial charge on any atom is -0.459 e. The minimum atomic E-state index is -0.201. The van der Waals surface area contributed by atoms with E-state index in [1.54, 1.807) is 19.2 Å². The molecular formula is C13H20N4O2. The van der Waals surface area contributed by atoms with Crippen molar-refractivity contribution in [1.29, 1.82) is 0 Å². The fraction of sp³-hybridized carbons (Fsp3) is 0.538. The molecule has 0 saturated heterocycles. The van der Waals surface area contributed by atoms with Gasteiger partial charge in [0.1, 0.15) is 0 Å². The summed E-state index contributed by atoms with van der Waals surface area (Å²) < 4.78 is 5.00. The van der Waals surface area contributed by atoms with Crippen molar-refractivity contribution >= 4 is 11.9 Å². The van der Waals surface area contributed by atoms with Crippen LogP contribution >= 0.6 is 0 Å². The molecule has 19 heavy (non-hydrogen) atoms. The molecule has 0 bridgehead atoms. The molecule has 0 radical (unpaired) electrons. The Labute approximate surface area is 112 Å². The number of aliphatic imine (C=N–C) groups is 1. The molecule has 6 heteroatoms. The summed E-state index contributed by atoms with van der Waals surface area (Å²) >= 11 is 0. The second-order valence-corrected chi connectivity index (χ2v) is 4.56. The third-order valence-corrected chi connectivity index (χ3v) is 2.93. The monoisotopic (exact) mass is 264 g/mol. The lowest BCUT2D eigenvalue weighted by Crippen LogP contribution is -2.42. The number of amides is 1. The van der Waals surface area contributed by atoms with Gasteiger partial charge in [0.2, 0.25) is 0 Å². The van der Waals surface area contributed by atoms with Crippen molar-refractivity contribution in [2.45, 2.75) is 12.8 Å². The number of hydrogen-bond acceptors (Lipinski definition) is 3. The largest absolute Gasteiger partial charge is 0.459 e. The first-order valence-electron chi connectivity index (χ1n) is 6.56. The van der Waals surface area contributed by atoms with E-state index < -0.39 is 0 Å². The Kier molecular flexibility index (Phi) is 4.83. The van der Waals surface area contributed by atoms with Crippen molar-refractivity contribution in [2.75, 3.05) is 26.7 Å². The number of hydrogen-bond donors (Lipinski definition) is 3. The van der Waals surface area contributed by atoms with Gasteiger partial charge in [-0.1, -0.05) is 0 Å². The van der Waals surface area contributed by atoms with E-state index >= 15 is 0 Å². The molecule has 0 aromatic carbocycles. The van der Waals surface area contributed by atoms with Crippen LogP contribution in [0.2, 0.25) is 0 Å². The summed E-state index contributed by atoms with van der Waals surface area (Å²) in [5, 5.41) is 9.17. The molecule has 1 heterocycles. The zero-order valence-electron chi connectivity index (χ0n) is 11.1. The summed E-state index contributed by atoms with van der Waals surface area (Å²) in [6.07, 6.45) is 4.10. The Bertz CT molecular complexity index is 424. The number of rotatable bonds is 6. The average Bonchev–Trinajstić information content (AvgIpc) is 3.09. The Morgan fingerprint density at radius 1 is 1.37 bits per heavy atom. The molecule has 0 atom stereocenters. The summed E-state index contributed by atoms with van der Waals surface area (Å²) in [5.74, 6) is 1.71.